The number of halogens is 2. The highest BCUT2D eigenvalue weighted by Crippen LogP contribution is 2.49. The molecule has 1 aromatic carbocycles. The van der Waals surface area contributed by atoms with Crippen LogP contribution < -0.4 is 5.73 Å². The first-order chi connectivity index (χ1) is 9.58. The topological polar surface area (TPSA) is 46.3 Å². The molecule has 1 amide bonds. The number of nitrogens with two attached hydrogens (primary N) is 1. The van der Waals surface area contributed by atoms with Gasteiger partial charge in [0.2, 0.25) is 5.91 Å². The molecule has 1 saturated heterocycles. The number of carbonyl (C=O) groups is 1. The predicted octanol–water partition coefficient (Wildman–Crippen LogP) is 2.90. The van der Waals surface area contributed by atoms with Crippen LogP contribution in [0.5, 0.6) is 0 Å². The lowest BCUT2D eigenvalue weighted by molar-refractivity contribution is -0.131. The van der Waals surface area contributed by atoms with Gasteiger partial charge in [-0.25, -0.2) is 0 Å². The van der Waals surface area contributed by atoms with Crippen LogP contribution in [-0.2, 0) is 4.79 Å². The second-order valence-corrected chi connectivity index (χ2v) is 6.70. The molecule has 2 fully saturated rings. The molecule has 1 saturated carbocycles. The lowest BCUT2D eigenvalue weighted by Gasteiger charge is -2.16. The number of hydrogen-bond donors (Lipinski definition) is 1. The lowest BCUT2D eigenvalue weighted by atomic mass is 10.1. The van der Waals surface area contributed by atoms with Gasteiger partial charge in [-0.05, 0) is 55.0 Å². The van der Waals surface area contributed by atoms with E-state index in [0.717, 1.165) is 31.5 Å². The van der Waals surface area contributed by atoms with Crippen molar-refractivity contribution in [3.8, 4) is 0 Å². The highest BCUT2D eigenvalue weighted by Gasteiger charge is 2.46. The summed E-state index contributed by atoms with van der Waals surface area (Å²) in [7, 11) is 0. The zero-order valence-corrected chi connectivity index (χ0v) is 12.7. The van der Waals surface area contributed by atoms with E-state index in [1.807, 2.05) is 17.0 Å². The van der Waals surface area contributed by atoms with Crippen molar-refractivity contribution in [2.75, 3.05) is 19.6 Å². The van der Waals surface area contributed by atoms with Crippen molar-refractivity contribution in [3.63, 3.8) is 0 Å². The van der Waals surface area contributed by atoms with Gasteiger partial charge in [0, 0.05) is 29.1 Å². The monoisotopic (exact) mass is 312 g/mol. The zero-order chi connectivity index (χ0) is 14.3. The van der Waals surface area contributed by atoms with Gasteiger partial charge in [0.1, 0.15) is 0 Å². The van der Waals surface area contributed by atoms with E-state index in [9.17, 15) is 4.79 Å². The van der Waals surface area contributed by atoms with Gasteiger partial charge in [0.15, 0.2) is 0 Å². The van der Waals surface area contributed by atoms with Crippen LogP contribution in [0, 0.1) is 11.8 Å². The highest BCUT2D eigenvalue weighted by atomic mass is 35.5. The van der Waals surface area contributed by atoms with Crippen LogP contribution in [0.3, 0.4) is 0 Å². The average molecular weight is 313 g/mol. The van der Waals surface area contributed by atoms with E-state index in [-0.39, 0.29) is 17.7 Å². The fourth-order valence-electron chi connectivity index (χ4n) is 3.09. The Balaban J connectivity index is 1.65. The van der Waals surface area contributed by atoms with Crippen molar-refractivity contribution in [3.05, 3.63) is 33.8 Å². The van der Waals surface area contributed by atoms with Gasteiger partial charge >= 0.3 is 0 Å². The molecule has 1 heterocycles. The molecule has 2 N–H and O–H groups in total. The maximum atomic E-state index is 12.4. The van der Waals surface area contributed by atoms with Gasteiger partial charge in [-0.1, -0.05) is 23.2 Å². The van der Waals surface area contributed by atoms with Crippen molar-refractivity contribution < 1.29 is 4.79 Å². The van der Waals surface area contributed by atoms with Crippen LogP contribution in [-0.4, -0.2) is 30.4 Å². The lowest BCUT2D eigenvalue weighted by Crippen LogP contribution is -2.31. The summed E-state index contributed by atoms with van der Waals surface area (Å²) in [6, 6.07) is 5.55. The van der Waals surface area contributed by atoms with Crippen LogP contribution in [0.2, 0.25) is 10.0 Å². The van der Waals surface area contributed by atoms with E-state index in [4.69, 9.17) is 28.9 Å². The molecule has 1 aliphatic heterocycles. The van der Waals surface area contributed by atoms with Gasteiger partial charge < -0.3 is 10.6 Å². The normalized spacial score (nSPS) is 28.8. The smallest absolute Gasteiger partial charge is 0.226 e. The number of hydrogen-bond acceptors (Lipinski definition) is 2. The molecule has 1 aliphatic carbocycles. The van der Waals surface area contributed by atoms with Gasteiger partial charge in [-0.2, -0.15) is 0 Å². The first-order valence-electron chi connectivity index (χ1n) is 7.03. The molecule has 108 valence electrons. The third kappa shape index (κ3) is 2.80. The summed E-state index contributed by atoms with van der Waals surface area (Å²) in [6.45, 7) is 2.33. The van der Waals surface area contributed by atoms with Crippen molar-refractivity contribution in [2.45, 2.75) is 18.8 Å². The van der Waals surface area contributed by atoms with Crippen LogP contribution >= 0.6 is 23.2 Å². The Bertz CT molecular complexity index is 514. The fraction of sp³-hybridized carbons (Fsp3) is 0.533. The fourth-order valence-corrected chi connectivity index (χ4v) is 3.63. The van der Waals surface area contributed by atoms with E-state index in [2.05, 4.69) is 0 Å². The van der Waals surface area contributed by atoms with Crippen molar-refractivity contribution in [1.82, 2.24) is 4.90 Å². The quantitative estimate of drug-likeness (QED) is 0.932. The average Bonchev–Trinajstić information content (AvgIpc) is 3.06. The third-order valence-electron chi connectivity index (χ3n) is 4.35. The molecule has 2 aliphatic rings. The number of likely N-dealkylation sites (tertiary alicyclic amines) is 1. The Morgan fingerprint density at radius 1 is 1.30 bits per heavy atom. The van der Waals surface area contributed by atoms with Crippen LogP contribution in [0.4, 0.5) is 0 Å². The Morgan fingerprint density at radius 2 is 2.00 bits per heavy atom. The number of rotatable bonds is 3. The summed E-state index contributed by atoms with van der Waals surface area (Å²) in [5, 5.41) is 1.27. The first kappa shape index (κ1) is 14.2. The summed E-state index contributed by atoms with van der Waals surface area (Å²) in [4.78, 5) is 14.4. The van der Waals surface area contributed by atoms with E-state index >= 15 is 0 Å². The maximum absolute atomic E-state index is 12.4. The minimum Gasteiger partial charge on any atom is -0.342 e. The van der Waals surface area contributed by atoms with Crippen LogP contribution in [0.1, 0.15) is 24.3 Å². The van der Waals surface area contributed by atoms with Crippen LogP contribution in [0.15, 0.2) is 18.2 Å². The molecule has 3 atom stereocenters. The molecule has 1 aromatic rings. The molecular formula is C15H18Cl2N2O. The summed E-state index contributed by atoms with van der Waals surface area (Å²) >= 11 is 12.0. The Morgan fingerprint density at radius 3 is 2.60 bits per heavy atom. The second-order valence-electron chi connectivity index (χ2n) is 5.83. The molecule has 3 nitrogen and oxygen atoms in total. The SMILES string of the molecule is NC[C@@H]1CCN(C(=O)[C@@H]2C[C@H]2c2cc(Cl)cc(Cl)c2)C1. The Kier molecular flexibility index (Phi) is 3.93. The highest BCUT2D eigenvalue weighted by molar-refractivity contribution is 6.34. The number of amides is 1. The third-order valence-corrected chi connectivity index (χ3v) is 4.79. The van der Waals surface area contributed by atoms with E-state index in [0.29, 0.717) is 22.5 Å². The molecular weight excluding hydrogens is 295 g/mol. The van der Waals surface area contributed by atoms with Crippen molar-refractivity contribution >= 4 is 29.1 Å². The van der Waals surface area contributed by atoms with E-state index < -0.39 is 0 Å². The van der Waals surface area contributed by atoms with E-state index in [1.165, 1.54) is 0 Å². The minimum absolute atomic E-state index is 0.0982. The number of benzene rings is 1. The van der Waals surface area contributed by atoms with Gasteiger partial charge in [0.25, 0.3) is 0 Å². The summed E-state index contributed by atoms with van der Waals surface area (Å²) in [5.74, 6) is 1.11. The zero-order valence-electron chi connectivity index (χ0n) is 11.2. The standard InChI is InChI=1S/C15H18Cl2N2O/c16-11-3-10(4-12(17)5-11)13-6-14(13)15(20)19-2-1-9(7-18)8-19/h3-5,9,13-14H,1-2,6-8,18H2/t9-,13-,14+/m0/s1. The van der Waals surface area contributed by atoms with Gasteiger partial charge in [0.05, 0.1) is 0 Å². The molecule has 3 rings (SSSR count). The first-order valence-corrected chi connectivity index (χ1v) is 7.79. The summed E-state index contributed by atoms with van der Waals surface area (Å²) in [6.07, 6.45) is 1.93. The van der Waals surface area contributed by atoms with Gasteiger partial charge in [-0.15, -0.1) is 0 Å². The predicted molar refractivity (Wildman–Crippen MR) is 81.1 cm³/mol. The summed E-state index contributed by atoms with van der Waals surface area (Å²) in [5.41, 5.74) is 6.75. The molecule has 0 radical (unpaired) electrons. The molecule has 20 heavy (non-hydrogen) atoms. The van der Waals surface area contributed by atoms with E-state index in [1.54, 1.807) is 6.07 Å². The Labute approximate surface area is 129 Å². The molecule has 0 bridgehead atoms. The summed E-state index contributed by atoms with van der Waals surface area (Å²) < 4.78 is 0. The maximum Gasteiger partial charge on any atom is 0.226 e. The number of nitrogens with zero attached hydrogens (tertiary/aromatic N) is 1. The van der Waals surface area contributed by atoms with Crippen LogP contribution in [0.25, 0.3) is 0 Å². The molecule has 5 heteroatoms. The molecule has 0 spiro atoms. The minimum atomic E-state index is 0.0982. The molecule has 0 unspecified atom stereocenters. The largest absolute Gasteiger partial charge is 0.342 e. The second kappa shape index (κ2) is 5.55. The Hall–Kier alpha value is -0.770. The molecule has 0 aromatic heterocycles. The van der Waals surface area contributed by atoms with Crippen molar-refractivity contribution in [2.24, 2.45) is 17.6 Å². The van der Waals surface area contributed by atoms with Gasteiger partial charge in [-0.3, -0.25) is 4.79 Å². The number of carbonyl (C=O) groups excluding carboxylic acids is 1. The van der Waals surface area contributed by atoms with Crippen molar-refractivity contribution in [1.29, 1.82) is 0 Å².